The summed E-state index contributed by atoms with van der Waals surface area (Å²) in [6, 6.07) is 0. The lowest BCUT2D eigenvalue weighted by Crippen LogP contribution is -2.39. The Morgan fingerprint density at radius 3 is 2.50 bits per heavy atom. The summed E-state index contributed by atoms with van der Waals surface area (Å²) in [6.07, 6.45) is 6.43. The first-order valence-electron chi connectivity index (χ1n) is 10.1. The van der Waals surface area contributed by atoms with Crippen molar-refractivity contribution >= 4 is 33.3 Å². The van der Waals surface area contributed by atoms with Crippen molar-refractivity contribution in [2.75, 3.05) is 51.3 Å². The lowest BCUT2D eigenvalue weighted by atomic mass is 9.97. The van der Waals surface area contributed by atoms with Gasteiger partial charge in [0.25, 0.3) is 0 Å². The predicted octanol–water partition coefficient (Wildman–Crippen LogP) is 2.95. The zero-order valence-corrected chi connectivity index (χ0v) is 18.2. The van der Waals surface area contributed by atoms with Gasteiger partial charge in [-0.25, -0.2) is 0 Å². The highest BCUT2D eigenvalue weighted by atomic mass is 33.1. The van der Waals surface area contributed by atoms with Crippen LogP contribution in [0.5, 0.6) is 0 Å². The molecule has 0 saturated carbocycles. The van der Waals surface area contributed by atoms with E-state index in [1.54, 1.807) is 21.6 Å². The van der Waals surface area contributed by atoms with Gasteiger partial charge >= 0.3 is 0 Å². The molecular weight excluding hydrogens is 366 g/mol. The van der Waals surface area contributed by atoms with Gasteiger partial charge in [-0.1, -0.05) is 28.5 Å². The number of rotatable bonds is 15. The van der Waals surface area contributed by atoms with Gasteiger partial charge in [-0.2, -0.15) is 0 Å². The number of hydrogen-bond donors (Lipinski definition) is 2. The summed E-state index contributed by atoms with van der Waals surface area (Å²) in [5.74, 6) is 3.28. The fourth-order valence-electron chi connectivity index (χ4n) is 3.13. The predicted molar refractivity (Wildman–Crippen MR) is 115 cm³/mol. The molecule has 1 rings (SSSR count). The Morgan fingerprint density at radius 2 is 1.81 bits per heavy atom. The van der Waals surface area contributed by atoms with Crippen LogP contribution in [-0.4, -0.2) is 67.9 Å². The number of likely N-dealkylation sites (tertiary alicyclic amines) is 1. The van der Waals surface area contributed by atoms with Gasteiger partial charge in [-0.05, 0) is 58.3 Å². The van der Waals surface area contributed by atoms with Gasteiger partial charge in [-0.3, -0.25) is 9.59 Å². The van der Waals surface area contributed by atoms with Crippen molar-refractivity contribution in [2.24, 2.45) is 5.92 Å². The molecule has 5 nitrogen and oxygen atoms in total. The monoisotopic (exact) mass is 403 g/mol. The first-order chi connectivity index (χ1) is 12.7. The average Bonchev–Trinajstić information content (AvgIpc) is 2.64. The van der Waals surface area contributed by atoms with E-state index in [0.717, 1.165) is 69.4 Å². The van der Waals surface area contributed by atoms with Crippen LogP contribution in [0.2, 0.25) is 0 Å². The second-order valence-corrected chi connectivity index (χ2v) is 9.68. The van der Waals surface area contributed by atoms with Gasteiger partial charge in [0.15, 0.2) is 0 Å². The molecule has 1 heterocycles. The van der Waals surface area contributed by atoms with Crippen LogP contribution in [0.15, 0.2) is 0 Å². The van der Waals surface area contributed by atoms with E-state index in [0.29, 0.717) is 18.6 Å². The van der Waals surface area contributed by atoms with Gasteiger partial charge in [-0.15, -0.1) is 0 Å². The molecular formula is C19H37N3O2S2. The van der Waals surface area contributed by atoms with E-state index in [-0.39, 0.29) is 5.91 Å². The van der Waals surface area contributed by atoms with E-state index in [4.69, 9.17) is 0 Å². The molecule has 0 unspecified atom stereocenters. The lowest BCUT2D eigenvalue weighted by Gasteiger charge is -2.31. The number of hydrogen-bond acceptors (Lipinski definition) is 6. The van der Waals surface area contributed by atoms with E-state index in [2.05, 4.69) is 15.5 Å². The number of nitrogens with zero attached hydrogens (tertiary/aromatic N) is 1. The Balaban J connectivity index is 1.89. The van der Waals surface area contributed by atoms with Crippen LogP contribution in [0.1, 0.15) is 51.9 Å². The van der Waals surface area contributed by atoms with Gasteiger partial charge in [0.1, 0.15) is 5.78 Å². The van der Waals surface area contributed by atoms with Crippen molar-refractivity contribution in [1.82, 2.24) is 15.5 Å². The van der Waals surface area contributed by atoms with E-state index in [1.165, 1.54) is 12.8 Å². The number of carbonyl (C=O) groups excluding carboxylic acids is 2. The Hall–Kier alpha value is -0.240. The number of piperidine rings is 1. The van der Waals surface area contributed by atoms with Crippen molar-refractivity contribution in [1.29, 1.82) is 0 Å². The number of amides is 1. The Morgan fingerprint density at radius 1 is 1.08 bits per heavy atom. The van der Waals surface area contributed by atoms with Crippen LogP contribution in [0.25, 0.3) is 0 Å². The smallest absolute Gasteiger partial charge is 0.221 e. The molecule has 1 saturated heterocycles. The molecule has 0 atom stereocenters. The van der Waals surface area contributed by atoms with Crippen molar-refractivity contribution in [3.63, 3.8) is 0 Å². The zero-order chi connectivity index (χ0) is 19.0. The van der Waals surface area contributed by atoms with Gasteiger partial charge < -0.3 is 15.5 Å². The molecule has 0 spiro atoms. The van der Waals surface area contributed by atoms with Crippen molar-refractivity contribution in [3.8, 4) is 0 Å². The van der Waals surface area contributed by atoms with E-state index >= 15 is 0 Å². The zero-order valence-electron chi connectivity index (χ0n) is 16.6. The SMILES string of the molecule is CCCC(=O)CCCSSCCNC(=O)CCN1CCC(CNC)CC1. The summed E-state index contributed by atoms with van der Waals surface area (Å²) < 4.78 is 0. The molecule has 1 aliphatic heterocycles. The molecule has 0 aromatic carbocycles. The number of ketones is 1. The molecule has 0 bridgehead atoms. The average molecular weight is 404 g/mol. The Bertz CT molecular complexity index is 389. The molecule has 7 heteroatoms. The van der Waals surface area contributed by atoms with Crippen molar-refractivity contribution in [2.45, 2.75) is 51.9 Å². The summed E-state index contributed by atoms with van der Waals surface area (Å²) in [4.78, 5) is 25.7. The van der Waals surface area contributed by atoms with Gasteiger partial charge in [0.05, 0.1) is 0 Å². The molecule has 26 heavy (non-hydrogen) atoms. The summed E-state index contributed by atoms with van der Waals surface area (Å²) in [6.45, 7) is 7.00. The minimum Gasteiger partial charge on any atom is -0.355 e. The molecule has 1 amide bonds. The van der Waals surface area contributed by atoms with Crippen LogP contribution < -0.4 is 10.6 Å². The number of carbonyl (C=O) groups is 2. The molecule has 152 valence electrons. The van der Waals surface area contributed by atoms with Gasteiger partial charge in [0, 0.05) is 43.9 Å². The molecule has 0 aromatic rings. The number of nitrogens with one attached hydrogen (secondary N) is 2. The van der Waals surface area contributed by atoms with Gasteiger partial charge in [0.2, 0.25) is 5.91 Å². The van der Waals surface area contributed by atoms with Crippen LogP contribution in [0.4, 0.5) is 0 Å². The summed E-state index contributed by atoms with van der Waals surface area (Å²) in [5.41, 5.74) is 0. The molecule has 2 N–H and O–H groups in total. The topological polar surface area (TPSA) is 61.4 Å². The second-order valence-electron chi connectivity index (χ2n) is 6.98. The highest BCUT2D eigenvalue weighted by molar-refractivity contribution is 8.76. The fraction of sp³-hybridized carbons (Fsp3) is 0.895. The fourth-order valence-corrected chi connectivity index (χ4v) is 5.13. The Labute approximate surface area is 167 Å². The van der Waals surface area contributed by atoms with E-state index < -0.39 is 0 Å². The standard InChI is InChI=1S/C19H37N3O2S2/c1-3-5-18(23)6-4-14-25-26-15-10-21-19(24)9-13-22-11-7-17(8-12-22)16-20-2/h17,20H,3-16H2,1-2H3,(H,21,24). The minimum atomic E-state index is 0.165. The molecule has 1 fully saturated rings. The normalized spacial score (nSPS) is 15.9. The summed E-state index contributed by atoms with van der Waals surface area (Å²) >= 11 is 0. The first kappa shape index (κ1) is 23.8. The van der Waals surface area contributed by atoms with Crippen LogP contribution >= 0.6 is 21.6 Å². The van der Waals surface area contributed by atoms with Crippen LogP contribution in [0.3, 0.4) is 0 Å². The second kappa shape index (κ2) is 15.8. The van der Waals surface area contributed by atoms with Crippen molar-refractivity contribution < 1.29 is 9.59 Å². The van der Waals surface area contributed by atoms with Crippen LogP contribution in [-0.2, 0) is 9.59 Å². The number of Topliss-reactive ketones (excluding diaryl/α,β-unsaturated/α-hetero) is 1. The maximum absolute atomic E-state index is 11.9. The third-order valence-electron chi connectivity index (χ3n) is 4.66. The first-order valence-corrected chi connectivity index (χ1v) is 12.5. The summed E-state index contributed by atoms with van der Waals surface area (Å²) in [7, 11) is 5.61. The highest BCUT2D eigenvalue weighted by Crippen LogP contribution is 2.22. The molecule has 0 aromatic heterocycles. The maximum atomic E-state index is 11.9. The molecule has 1 aliphatic rings. The highest BCUT2D eigenvalue weighted by Gasteiger charge is 2.18. The Kier molecular flexibility index (Phi) is 14.4. The molecule has 0 aliphatic carbocycles. The summed E-state index contributed by atoms with van der Waals surface area (Å²) in [5, 5.41) is 6.27. The van der Waals surface area contributed by atoms with E-state index in [1.807, 2.05) is 14.0 Å². The third-order valence-corrected chi connectivity index (χ3v) is 7.15. The quantitative estimate of drug-likeness (QED) is 0.324. The molecule has 0 radical (unpaired) electrons. The van der Waals surface area contributed by atoms with Crippen molar-refractivity contribution in [3.05, 3.63) is 0 Å². The minimum absolute atomic E-state index is 0.165. The van der Waals surface area contributed by atoms with E-state index in [9.17, 15) is 9.59 Å². The maximum Gasteiger partial charge on any atom is 0.221 e. The largest absolute Gasteiger partial charge is 0.355 e. The third kappa shape index (κ3) is 12.2. The lowest BCUT2D eigenvalue weighted by molar-refractivity contribution is -0.121. The van der Waals surface area contributed by atoms with Crippen LogP contribution in [0, 0.1) is 5.92 Å².